The molecule has 6 aromatic rings. The number of hydrogen-bond acceptors (Lipinski definition) is 2. The first-order chi connectivity index (χ1) is 27.2. The maximum atomic E-state index is 6.27. The maximum Gasteiger partial charge on any atom is 0.245 e. The van der Waals surface area contributed by atoms with Gasteiger partial charge in [0.05, 0.1) is 14.2 Å². The molecule has 4 aromatic carbocycles. The molecule has 0 amide bonds. The van der Waals surface area contributed by atoms with Crippen molar-refractivity contribution in [2.75, 3.05) is 14.2 Å². The molecular formula is C52H70N4O2+2. The number of benzene rings is 4. The van der Waals surface area contributed by atoms with Gasteiger partial charge in [-0.3, -0.25) is 0 Å². The molecule has 6 nitrogen and oxygen atoms in total. The molecule has 2 heterocycles. The normalized spacial score (nSPS) is 17.0. The van der Waals surface area contributed by atoms with Crippen molar-refractivity contribution in [1.29, 1.82) is 0 Å². The fourth-order valence-electron chi connectivity index (χ4n) is 9.36. The highest BCUT2D eigenvalue weighted by Crippen LogP contribution is 2.43. The van der Waals surface area contributed by atoms with Crippen molar-refractivity contribution in [3.05, 3.63) is 119 Å². The van der Waals surface area contributed by atoms with Crippen molar-refractivity contribution >= 4 is 22.1 Å². The Bertz CT molecular complexity index is 2270. The first kappa shape index (κ1) is 41.6. The number of ether oxygens (including phenoxy) is 2. The molecular weight excluding hydrogens is 713 g/mol. The van der Waals surface area contributed by atoms with Crippen molar-refractivity contribution in [2.24, 2.45) is 0 Å². The number of nitrogens with zero attached hydrogens (tertiary/aromatic N) is 4. The van der Waals surface area contributed by atoms with Crippen LogP contribution in [0.1, 0.15) is 154 Å². The van der Waals surface area contributed by atoms with E-state index in [0.29, 0.717) is 12.1 Å². The van der Waals surface area contributed by atoms with E-state index in [1.165, 1.54) is 68.3 Å². The second-order valence-corrected chi connectivity index (χ2v) is 21.1. The third kappa shape index (κ3) is 7.93. The highest BCUT2D eigenvalue weighted by molar-refractivity contribution is 5.73. The minimum Gasteiger partial charge on any atom is -0.496 e. The molecule has 7 rings (SSSR count). The highest BCUT2D eigenvalue weighted by Gasteiger charge is 2.39. The van der Waals surface area contributed by atoms with Gasteiger partial charge in [-0.05, 0) is 94.9 Å². The fraction of sp³-hybridized carbons (Fsp3) is 0.500. The monoisotopic (exact) mass is 783 g/mol. The Balaban J connectivity index is 1.34. The molecule has 0 aliphatic heterocycles. The van der Waals surface area contributed by atoms with Gasteiger partial charge in [0.2, 0.25) is 12.7 Å². The van der Waals surface area contributed by atoms with Crippen LogP contribution in [0.3, 0.4) is 0 Å². The average molecular weight is 783 g/mol. The average Bonchev–Trinajstić information content (AvgIpc) is 3.71. The van der Waals surface area contributed by atoms with E-state index in [2.05, 4.69) is 187 Å². The molecule has 2 aromatic heterocycles. The number of imidazole rings is 2. The van der Waals surface area contributed by atoms with Crippen LogP contribution in [-0.2, 0) is 34.7 Å². The zero-order chi connectivity index (χ0) is 41.9. The van der Waals surface area contributed by atoms with Gasteiger partial charge in [0, 0.05) is 22.3 Å². The van der Waals surface area contributed by atoms with E-state index < -0.39 is 0 Å². The van der Waals surface area contributed by atoms with Crippen LogP contribution >= 0.6 is 0 Å². The van der Waals surface area contributed by atoms with Crippen LogP contribution in [0, 0.1) is 0 Å². The second kappa shape index (κ2) is 15.2. The summed E-state index contributed by atoms with van der Waals surface area (Å²) < 4.78 is 22.7. The Morgan fingerprint density at radius 3 is 1.21 bits per heavy atom. The lowest BCUT2D eigenvalue weighted by Gasteiger charge is -2.28. The van der Waals surface area contributed by atoms with E-state index in [4.69, 9.17) is 9.47 Å². The van der Waals surface area contributed by atoms with E-state index in [1.807, 2.05) is 14.2 Å². The molecule has 0 N–H and O–H groups in total. The Kier molecular flexibility index (Phi) is 10.9. The van der Waals surface area contributed by atoms with E-state index >= 15 is 0 Å². The number of hydrogen-bond donors (Lipinski definition) is 0. The van der Waals surface area contributed by atoms with Gasteiger partial charge in [-0.15, -0.1) is 0 Å². The van der Waals surface area contributed by atoms with E-state index in [1.54, 1.807) is 0 Å². The van der Waals surface area contributed by atoms with E-state index in [0.717, 1.165) is 37.4 Å². The zero-order valence-electron chi connectivity index (χ0n) is 38.1. The van der Waals surface area contributed by atoms with Crippen molar-refractivity contribution < 1.29 is 18.6 Å². The summed E-state index contributed by atoms with van der Waals surface area (Å²) in [7, 11) is 3.67. The molecule has 308 valence electrons. The summed E-state index contributed by atoms with van der Waals surface area (Å²) in [5.74, 6) is 2.01. The predicted molar refractivity (Wildman–Crippen MR) is 240 cm³/mol. The largest absolute Gasteiger partial charge is 0.496 e. The molecule has 0 bridgehead atoms. The van der Waals surface area contributed by atoms with Gasteiger partial charge in [0.15, 0.2) is 22.1 Å². The van der Waals surface area contributed by atoms with Crippen molar-refractivity contribution in [2.45, 2.75) is 156 Å². The quantitative estimate of drug-likeness (QED) is 0.144. The van der Waals surface area contributed by atoms with Crippen LogP contribution in [0.4, 0.5) is 0 Å². The predicted octanol–water partition coefficient (Wildman–Crippen LogP) is 11.8. The van der Waals surface area contributed by atoms with Gasteiger partial charge in [-0.1, -0.05) is 119 Å². The lowest BCUT2D eigenvalue weighted by molar-refractivity contribution is -0.664. The minimum absolute atomic E-state index is 0.0147. The van der Waals surface area contributed by atoms with Crippen LogP contribution in [0.25, 0.3) is 22.1 Å². The van der Waals surface area contributed by atoms with Crippen LogP contribution < -0.4 is 18.6 Å². The van der Waals surface area contributed by atoms with Crippen molar-refractivity contribution in [3.8, 4) is 11.5 Å². The van der Waals surface area contributed by atoms with Gasteiger partial charge in [-0.2, -0.15) is 0 Å². The first-order valence-corrected chi connectivity index (χ1v) is 21.6. The van der Waals surface area contributed by atoms with Crippen molar-refractivity contribution in [3.63, 3.8) is 0 Å². The van der Waals surface area contributed by atoms with Crippen LogP contribution in [0.5, 0.6) is 11.5 Å². The molecule has 0 radical (unpaired) electrons. The number of methoxy groups -OCH3 is 2. The van der Waals surface area contributed by atoms with Gasteiger partial charge < -0.3 is 9.47 Å². The summed E-state index contributed by atoms with van der Waals surface area (Å²) in [6.45, 7) is 29.1. The lowest BCUT2D eigenvalue weighted by atomic mass is 9.79. The molecule has 1 aliphatic carbocycles. The Morgan fingerprint density at radius 1 is 0.517 bits per heavy atom. The summed E-state index contributed by atoms with van der Waals surface area (Å²) in [5.41, 5.74) is 12.7. The molecule has 1 saturated carbocycles. The maximum absolute atomic E-state index is 6.27. The van der Waals surface area contributed by atoms with Gasteiger partial charge in [-0.25, -0.2) is 18.3 Å². The van der Waals surface area contributed by atoms with E-state index in [9.17, 15) is 0 Å². The zero-order valence-corrected chi connectivity index (χ0v) is 38.1. The Labute approximate surface area is 348 Å². The molecule has 6 heteroatoms. The van der Waals surface area contributed by atoms with Crippen molar-refractivity contribution in [1.82, 2.24) is 9.13 Å². The van der Waals surface area contributed by atoms with Gasteiger partial charge in [0.25, 0.3) is 0 Å². The van der Waals surface area contributed by atoms with E-state index in [-0.39, 0.29) is 21.7 Å². The highest BCUT2D eigenvalue weighted by atomic mass is 16.5. The minimum atomic E-state index is -0.0544. The second-order valence-electron chi connectivity index (χ2n) is 21.1. The third-order valence-corrected chi connectivity index (χ3v) is 12.6. The summed E-state index contributed by atoms with van der Waals surface area (Å²) >= 11 is 0. The fourth-order valence-corrected chi connectivity index (χ4v) is 9.36. The van der Waals surface area contributed by atoms with Crippen LogP contribution in [0.2, 0.25) is 0 Å². The summed E-state index contributed by atoms with van der Waals surface area (Å²) in [5, 5.41) is 0. The smallest absolute Gasteiger partial charge is 0.245 e. The molecule has 0 spiro atoms. The van der Waals surface area contributed by atoms with Gasteiger partial charge >= 0.3 is 0 Å². The third-order valence-electron chi connectivity index (χ3n) is 12.6. The number of para-hydroxylation sites is 4. The lowest BCUT2D eigenvalue weighted by Crippen LogP contribution is -2.35. The summed E-state index contributed by atoms with van der Waals surface area (Å²) in [6.07, 6.45) is 9.51. The molecule has 0 saturated heterocycles. The summed E-state index contributed by atoms with van der Waals surface area (Å²) in [4.78, 5) is 0. The topological polar surface area (TPSA) is 36.1 Å². The molecule has 1 fully saturated rings. The molecule has 58 heavy (non-hydrogen) atoms. The SMILES string of the molecule is COc1c(C[n+]2cn([C@@H]3CCCC[C@H]3n3c[n+](Cc4cc(C(C)(C)C)cc(C(C)(C)C)c4OC)c4ccccc43)c3ccccc32)cc(C(C)(C)C)cc1C(C)(C)C. The number of fused-ring (bicyclic) bond motifs is 2. The Morgan fingerprint density at radius 2 is 0.879 bits per heavy atom. The first-order valence-electron chi connectivity index (χ1n) is 21.6. The number of rotatable bonds is 8. The Hall–Kier alpha value is -4.58. The molecule has 1 aliphatic rings. The molecule has 2 atom stereocenters. The van der Waals surface area contributed by atoms with Crippen LogP contribution in [-0.4, -0.2) is 23.4 Å². The molecule has 0 unspecified atom stereocenters. The number of aromatic nitrogens is 4. The van der Waals surface area contributed by atoms with Gasteiger partial charge in [0.1, 0.15) is 36.7 Å². The summed E-state index contributed by atoms with van der Waals surface area (Å²) in [6, 6.07) is 28.1. The van der Waals surface area contributed by atoms with Crippen LogP contribution in [0.15, 0.2) is 85.5 Å². The standard InChI is InChI=1S/C52H70N4O2/c1-49(2,3)37-27-35(47(57-13)39(29-37)51(7,8)9)31-53-33-55(43-23-17-15-21-41(43)53)45-25-19-20-26-46(45)56-34-54(42-22-16-18-24-44(42)56)32-36-28-38(50(4,5)6)30-40(48(36)58-14)52(10,11)12/h15-18,21-24,27-30,33-34,45-46H,19-20,25-26,31-32H2,1-14H3/q+2/t45-,46-/m1/s1.